The van der Waals surface area contributed by atoms with Gasteiger partial charge in [0.15, 0.2) is 0 Å². The fraction of sp³-hybridized carbons (Fsp3) is 0.200. The van der Waals surface area contributed by atoms with Gasteiger partial charge in [0.25, 0.3) is 0 Å². The minimum atomic E-state index is -0.838. The van der Waals surface area contributed by atoms with Gasteiger partial charge in [-0.25, -0.2) is 0 Å². The first-order chi connectivity index (χ1) is 8.27. The molecule has 0 aromatic heterocycles. The molecule has 0 radical (unpaired) electrons. The number of aliphatic hydroxyl groups excluding tert-OH is 2. The molecule has 17 heavy (non-hydrogen) atoms. The first kappa shape index (κ1) is 10.5. The second-order valence-electron chi connectivity index (χ2n) is 4.46. The topological polar surface area (TPSA) is 40.5 Å². The van der Waals surface area contributed by atoms with Crippen molar-refractivity contribution in [2.45, 2.75) is 18.6 Å². The minimum absolute atomic E-state index is 0.764. The number of hydrogen-bond acceptors (Lipinski definition) is 2. The van der Waals surface area contributed by atoms with Crippen molar-refractivity contribution in [3.8, 4) is 0 Å². The van der Waals surface area contributed by atoms with Gasteiger partial charge in [-0.2, -0.15) is 0 Å². The minimum Gasteiger partial charge on any atom is -0.385 e. The van der Waals surface area contributed by atoms with E-state index in [0.717, 1.165) is 28.7 Å². The van der Waals surface area contributed by atoms with Gasteiger partial charge in [0.05, 0.1) is 0 Å². The maximum Gasteiger partial charge on any atom is 0.109 e. The monoisotopic (exact) mass is 226 g/mol. The van der Waals surface area contributed by atoms with Crippen molar-refractivity contribution < 1.29 is 10.2 Å². The SMILES string of the molecule is OC1c2ccccc2Cc2ccccc2C1O. The van der Waals surface area contributed by atoms with E-state index in [1.807, 2.05) is 48.5 Å². The van der Waals surface area contributed by atoms with Gasteiger partial charge in [0.1, 0.15) is 12.2 Å². The van der Waals surface area contributed by atoms with Crippen LogP contribution in [0.15, 0.2) is 48.5 Å². The van der Waals surface area contributed by atoms with Crippen molar-refractivity contribution in [1.82, 2.24) is 0 Å². The second-order valence-corrected chi connectivity index (χ2v) is 4.46. The van der Waals surface area contributed by atoms with Gasteiger partial charge in [-0.05, 0) is 28.7 Å². The van der Waals surface area contributed by atoms with Crippen LogP contribution in [0.4, 0.5) is 0 Å². The highest BCUT2D eigenvalue weighted by atomic mass is 16.3. The molecule has 0 spiro atoms. The molecule has 2 heteroatoms. The lowest BCUT2D eigenvalue weighted by Crippen LogP contribution is -2.10. The molecule has 0 aliphatic heterocycles. The lowest BCUT2D eigenvalue weighted by molar-refractivity contribution is 0.0176. The molecule has 0 saturated carbocycles. The molecule has 2 N–H and O–H groups in total. The summed E-state index contributed by atoms with van der Waals surface area (Å²) in [6.07, 6.45) is -0.912. The summed E-state index contributed by atoms with van der Waals surface area (Å²) in [6, 6.07) is 15.5. The summed E-state index contributed by atoms with van der Waals surface area (Å²) in [5.41, 5.74) is 3.83. The Bertz CT molecular complexity index is 499. The van der Waals surface area contributed by atoms with E-state index in [0.29, 0.717) is 0 Å². The molecular weight excluding hydrogens is 212 g/mol. The van der Waals surface area contributed by atoms with Crippen molar-refractivity contribution in [2.75, 3.05) is 0 Å². The Morgan fingerprint density at radius 3 is 1.59 bits per heavy atom. The van der Waals surface area contributed by atoms with Crippen LogP contribution in [0, 0.1) is 0 Å². The number of rotatable bonds is 0. The number of hydrogen-bond donors (Lipinski definition) is 2. The van der Waals surface area contributed by atoms with Crippen LogP contribution >= 0.6 is 0 Å². The predicted molar refractivity (Wildman–Crippen MR) is 65.6 cm³/mol. The van der Waals surface area contributed by atoms with Gasteiger partial charge in [-0.15, -0.1) is 0 Å². The van der Waals surface area contributed by atoms with Crippen molar-refractivity contribution in [1.29, 1.82) is 0 Å². The van der Waals surface area contributed by atoms with Gasteiger partial charge >= 0.3 is 0 Å². The Balaban J connectivity index is 2.20. The van der Waals surface area contributed by atoms with Crippen LogP contribution in [-0.2, 0) is 6.42 Å². The zero-order valence-corrected chi connectivity index (χ0v) is 9.38. The molecule has 2 unspecified atom stereocenters. The van der Waals surface area contributed by atoms with E-state index in [1.165, 1.54) is 0 Å². The summed E-state index contributed by atoms with van der Waals surface area (Å²) < 4.78 is 0. The maximum atomic E-state index is 10.2. The van der Waals surface area contributed by atoms with Crippen LogP contribution in [0.25, 0.3) is 0 Å². The van der Waals surface area contributed by atoms with Gasteiger partial charge < -0.3 is 10.2 Å². The highest BCUT2D eigenvalue weighted by molar-refractivity contribution is 5.42. The van der Waals surface area contributed by atoms with E-state index in [4.69, 9.17) is 0 Å². The third-order valence-corrected chi connectivity index (χ3v) is 3.43. The molecule has 2 aromatic carbocycles. The van der Waals surface area contributed by atoms with Crippen LogP contribution in [-0.4, -0.2) is 10.2 Å². The highest BCUT2D eigenvalue weighted by Gasteiger charge is 2.27. The van der Waals surface area contributed by atoms with Crippen LogP contribution in [0.3, 0.4) is 0 Å². The zero-order valence-electron chi connectivity index (χ0n) is 9.38. The first-order valence-electron chi connectivity index (χ1n) is 5.79. The standard InChI is InChI=1S/C15H14O2/c16-14-12-7-3-1-5-10(12)9-11-6-2-4-8-13(11)15(14)17/h1-8,14-17H,9H2. The third kappa shape index (κ3) is 1.66. The average Bonchev–Trinajstić information content (AvgIpc) is 2.48. The van der Waals surface area contributed by atoms with E-state index in [2.05, 4.69) is 0 Å². The highest BCUT2D eigenvalue weighted by Crippen LogP contribution is 2.37. The van der Waals surface area contributed by atoms with Crippen molar-refractivity contribution in [3.63, 3.8) is 0 Å². The molecule has 0 saturated heterocycles. The van der Waals surface area contributed by atoms with E-state index < -0.39 is 12.2 Å². The van der Waals surface area contributed by atoms with Gasteiger partial charge in [0.2, 0.25) is 0 Å². The van der Waals surface area contributed by atoms with Crippen molar-refractivity contribution in [2.24, 2.45) is 0 Å². The first-order valence-corrected chi connectivity index (χ1v) is 5.79. The Labute approximate surface area is 100 Å². The quantitative estimate of drug-likeness (QED) is 0.724. The maximum absolute atomic E-state index is 10.2. The number of benzene rings is 2. The van der Waals surface area contributed by atoms with Gasteiger partial charge in [-0.1, -0.05) is 48.5 Å². The average molecular weight is 226 g/mol. The Kier molecular flexibility index (Phi) is 2.46. The molecule has 0 bridgehead atoms. The van der Waals surface area contributed by atoms with Gasteiger partial charge in [0, 0.05) is 0 Å². The number of fused-ring (bicyclic) bond motifs is 2. The largest absolute Gasteiger partial charge is 0.385 e. The normalized spacial score (nSPS) is 22.5. The van der Waals surface area contributed by atoms with Crippen molar-refractivity contribution >= 4 is 0 Å². The predicted octanol–water partition coefficient (Wildman–Crippen LogP) is 2.36. The summed E-state index contributed by atoms with van der Waals surface area (Å²) >= 11 is 0. The fourth-order valence-electron chi connectivity index (χ4n) is 2.51. The van der Waals surface area contributed by atoms with E-state index in [9.17, 15) is 10.2 Å². The molecule has 1 aliphatic rings. The summed E-state index contributed by atoms with van der Waals surface area (Å²) in [5.74, 6) is 0. The zero-order chi connectivity index (χ0) is 11.8. The van der Waals surface area contributed by atoms with Crippen LogP contribution in [0.5, 0.6) is 0 Å². The molecule has 3 rings (SSSR count). The van der Waals surface area contributed by atoms with E-state index in [1.54, 1.807) is 0 Å². The fourth-order valence-corrected chi connectivity index (χ4v) is 2.51. The van der Waals surface area contributed by atoms with Crippen LogP contribution in [0.2, 0.25) is 0 Å². The third-order valence-electron chi connectivity index (χ3n) is 3.43. The summed E-state index contributed by atoms with van der Waals surface area (Å²) in [4.78, 5) is 0. The molecule has 0 amide bonds. The molecular formula is C15H14O2. The molecule has 2 atom stereocenters. The van der Waals surface area contributed by atoms with Crippen molar-refractivity contribution in [3.05, 3.63) is 70.8 Å². The van der Waals surface area contributed by atoms with E-state index >= 15 is 0 Å². The molecule has 2 aromatic rings. The summed E-state index contributed by atoms with van der Waals surface area (Å²) in [6.45, 7) is 0. The van der Waals surface area contributed by atoms with Crippen LogP contribution in [0.1, 0.15) is 34.5 Å². The lowest BCUT2D eigenvalue weighted by atomic mass is 9.99. The lowest BCUT2D eigenvalue weighted by Gasteiger charge is -2.18. The Morgan fingerprint density at radius 1 is 0.706 bits per heavy atom. The second kappa shape index (κ2) is 3.99. The smallest absolute Gasteiger partial charge is 0.109 e. The summed E-state index contributed by atoms with van der Waals surface area (Å²) in [5, 5.41) is 20.4. The summed E-state index contributed by atoms with van der Waals surface area (Å²) in [7, 11) is 0. The Morgan fingerprint density at radius 2 is 1.12 bits per heavy atom. The molecule has 2 nitrogen and oxygen atoms in total. The molecule has 0 heterocycles. The number of aliphatic hydroxyl groups is 2. The Hall–Kier alpha value is -1.64. The van der Waals surface area contributed by atoms with E-state index in [-0.39, 0.29) is 0 Å². The van der Waals surface area contributed by atoms with Gasteiger partial charge in [-0.3, -0.25) is 0 Å². The molecule has 0 fully saturated rings. The molecule has 1 aliphatic carbocycles. The van der Waals surface area contributed by atoms with Crippen LogP contribution < -0.4 is 0 Å². The molecule has 86 valence electrons.